The van der Waals surface area contributed by atoms with E-state index in [1.54, 1.807) is 10.6 Å². The zero-order valence-electron chi connectivity index (χ0n) is 9.07. The predicted octanol–water partition coefficient (Wildman–Crippen LogP) is 2.02. The first-order valence-corrected chi connectivity index (χ1v) is 6.17. The standard InChI is InChI=1S/C11H14INO3/c1-8-6-10(14)13(7-9(8)12)5-3-2-4-11(15)16/h6-7H,2-5H2,1H3,(H,15,16). The van der Waals surface area contributed by atoms with Gasteiger partial charge in [-0.25, -0.2) is 0 Å². The lowest BCUT2D eigenvalue weighted by molar-refractivity contribution is -0.137. The van der Waals surface area contributed by atoms with Crippen molar-refractivity contribution in [1.29, 1.82) is 0 Å². The number of aryl methyl sites for hydroxylation is 2. The van der Waals surface area contributed by atoms with Crippen molar-refractivity contribution in [2.45, 2.75) is 32.7 Å². The number of halogens is 1. The summed E-state index contributed by atoms with van der Waals surface area (Å²) in [6, 6.07) is 1.61. The Bertz CT molecular complexity index is 439. The van der Waals surface area contributed by atoms with Crippen LogP contribution in [0, 0.1) is 10.5 Å². The van der Waals surface area contributed by atoms with E-state index in [0.717, 1.165) is 9.13 Å². The number of nitrogens with zero attached hydrogens (tertiary/aromatic N) is 1. The number of hydrogen-bond donors (Lipinski definition) is 1. The Labute approximate surface area is 107 Å². The van der Waals surface area contributed by atoms with Crippen molar-refractivity contribution in [1.82, 2.24) is 4.57 Å². The Balaban J connectivity index is 2.58. The molecule has 0 bridgehead atoms. The smallest absolute Gasteiger partial charge is 0.303 e. The number of aliphatic carboxylic acids is 1. The molecule has 1 aromatic heterocycles. The Hall–Kier alpha value is -0.850. The van der Waals surface area contributed by atoms with Gasteiger partial charge in [-0.05, 0) is 47.9 Å². The topological polar surface area (TPSA) is 59.3 Å². The highest BCUT2D eigenvalue weighted by molar-refractivity contribution is 14.1. The van der Waals surface area contributed by atoms with Gasteiger partial charge in [-0.3, -0.25) is 9.59 Å². The second-order valence-corrected chi connectivity index (χ2v) is 4.85. The van der Waals surface area contributed by atoms with E-state index in [-0.39, 0.29) is 12.0 Å². The molecule has 0 unspecified atom stereocenters. The first-order chi connectivity index (χ1) is 7.50. The van der Waals surface area contributed by atoms with Crippen molar-refractivity contribution in [2.24, 2.45) is 0 Å². The highest BCUT2D eigenvalue weighted by atomic mass is 127. The molecule has 0 fully saturated rings. The van der Waals surface area contributed by atoms with Gasteiger partial charge in [0.05, 0.1) is 0 Å². The lowest BCUT2D eigenvalue weighted by atomic mass is 10.2. The molecule has 0 aliphatic carbocycles. The number of pyridine rings is 1. The maximum Gasteiger partial charge on any atom is 0.303 e. The molecule has 88 valence electrons. The van der Waals surface area contributed by atoms with Crippen LogP contribution in [0.2, 0.25) is 0 Å². The average Bonchev–Trinajstić information content (AvgIpc) is 2.19. The minimum Gasteiger partial charge on any atom is -0.481 e. The van der Waals surface area contributed by atoms with Crippen LogP contribution in [0.4, 0.5) is 0 Å². The number of carboxylic acid groups (broad SMARTS) is 1. The molecule has 4 nitrogen and oxygen atoms in total. The number of rotatable bonds is 5. The summed E-state index contributed by atoms with van der Waals surface area (Å²) >= 11 is 2.18. The Kier molecular flexibility index (Phi) is 4.98. The molecule has 1 rings (SSSR count). The molecule has 0 aromatic carbocycles. The monoisotopic (exact) mass is 335 g/mol. The number of unbranched alkanes of at least 4 members (excludes halogenated alkanes) is 1. The molecule has 0 amide bonds. The number of carbonyl (C=O) groups is 1. The second kappa shape index (κ2) is 6.03. The van der Waals surface area contributed by atoms with Gasteiger partial charge in [-0.15, -0.1) is 0 Å². The summed E-state index contributed by atoms with van der Waals surface area (Å²) in [5, 5.41) is 8.48. The van der Waals surface area contributed by atoms with E-state index in [2.05, 4.69) is 22.6 Å². The van der Waals surface area contributed by atoms with Gasteiger partial charge in [-0.1, -0.05) is 0 Å². The minimum atomic E-state index is -0.786. The summed E-state index contributed by atoms with van der Waals surface area (Å²) in [4.78, 5) is 21.9. The molecule has 1 heterocycles. The van der Waals surface area contributed by atoms with Crippen LogP contribution in [0.1, 0.15) is 24.8 Å². The van der Waals surface area contributed by atoms with Crippen LogP contribution in [0.25, 0.3) is 0 Å². The van der Waals surface area contributed by atoms with Crippen molar-refractivity contribution in [2.75, 3.05) is 0 Å². The fraction of sp³-hybridized carbons (Fsp3) is 0.455. The predicted molar refractivity (Wildman–Crippen MR) is 69.6 cm³/mol. The van der Waals surface area contributed by atoms with Crippen molar-refractivity contribution in [3.8, 4) is 0 Å². The van der Waals surface area contributed by atoms with Gasteiger partial charge < -0.3 is 9.67 Å². The molecule has 1 aromatic rings. The number of hydrogen-bond acceptors (Lipinski definition) is 2. The van der Waals surface area contributed by atoms with Gasteiger partial charge in [0.15, 0.2) is 0 Å². The van der Waals surface area contributed by atoms with E-state index >= 15 is 0 Å². The first-order valence-electron chi connectivity index (χ1n) is 5.09. The van der Waals surface area contributed by atoms with Crippen LogP contribution in [-0.2, 0) is 11.3 Å². The lowest BCUT2D eigenvalue weighted by Crippen LogP contribution is -2.20. The Morgan fingerprint density at radius 3 is 2.81 bits per heavy atom. The summed E-state index contributed by atoms with van der Waals surface area (Å²) < 4.78 is 2.69. The van der Waals surface area contributed by atoms with Crippen LogP contribution in [0.3, 0.4) is 0 Å². The van der Waals surface area contributed by atoms with E-state index in [0.29, 0.717) is 19.4 Å². The zero-order valence-corrected chi connectivity index (χ0v) is 11.2. The quantitative estimate of drug-likeness (QED) is 0.662. The fourth-order valence-corrected chi connectivity index (χ4v) is 1.86. The third-order valence-corrected chi connectivity index (χ3v) is 3.44. The number of carboxylic acids is 1. The van der Waals surface area contributed by atoms with Crippen molar-refractivity contribution in [3.63, 3.8) is 0 Å². The summed E-state index contributed by atoms with van der Waals surface area (Å²) in [5.41, 5.74) is 0.959. The molecule has 1 N–H and O–H groups in total. The summed E-state index contributed by atoms with van der Waals surface area (Å²) in [6.07, 6.45) is 3.30. The third-order valence-electron chi connectivity index (χ3n) is 2.31. The molecular weight excluding hydrogens is 321 g/mol. The largest absolute Gasteiger partial charge is 0.481 e. The zero-order chi connectivity index (χ0) is 12.1. The van der Waals surface area contributed by atoms with E-state index in [4.69, 9.17) is 5.11 Å². The molecule has 0 aliphatic heterocycles. The minimum absolute atomic E-state index is 0.0201. The van der Waals surface area contributed by atoms with E-state index < -0.39 is 5.97 Å². The van der Waals surface area contributed by atoms with Crippen molar-refractivity contribution < 1.29 is 9.90 Å². The fourth-order valence-electron chi connectivity index (χ4n) is 1.37. The van der Waals surface area contributed by atoms with Gasteiger partial charge >= 0.3 is 5.97 Å². The molecule has 0 spiro atoms. The highest BCUT2D eigenvalue weighted by Gasteiger charge is 2.02. The molecule has 0 aliphatic rings. The second-order valence-electron chi connectivity index (χ2n) is 3.69. The first kappa shape index (κ1) is 13.2. The van der Waals surface area contributed by atoms with Gasteiger partial charge in [0.1, 0.15) is 0 Å². The van der Waals surface area contributed by atoms with Crippen LogP contribution in [-0.4, -0.2) is 15.6 Å². The maximum atomic E-state index is 11.6. The molecule has 0 radical (unpaired) electrons. The normalized spacial score (nSPS) is 10.4. The summed E-state index contributed by atoms with van der Waals surface area (Å²) in [7, 11) is 0. The number of aromatic nitrogens is 1. The molecule has 16 heavy (non-hydrogen) atoms. The molecule has 5 heteroatoms. The van der Waals surface area contributed by atoms with Crippen LogP contribution in [0.5, 0.6) is 0 Å². The van der Waals surface area contributed by atoms with Crippen molar-refractivity contribution >= 4 is 28.6 Å². The van der Waals surface area contributed by atoms with Gasteiger partial charge in [0.25, 0.3) is 5.56 Å². The van der Waals surface area contributed by atoms with E-state index in [9.17, 15) is 9.59 Å². The van der Waals surface area contributed by atoms with Crippen LogP contribution < -0.4 is 5.56 Å². The summed E-state index contributed by atoms with van der Waals surface area (Å²) in [5.74, 6) is -0.786. The Morgan fingerprint density at radius 1 is 1.50 bits per heavy atom. The van der Waals surface area contributed by atoms with Crippen LogP contribution in [0.15, 0.2) is 17.1 Å². The lowest BCUT2D eigenvalue weighted by Gasteiger charge is -2.06. The SMILES string of the molecule is Cc1cc(=O)n(CCCCC(=O)O)cc1I. The van der Waals surface area contributed by atoms with Crippen LogP contribution >= 0.6 is 22.6 Å². The summed E-state index contributed by atoms with van der Waals surface area (Å²) in [6.45, 7) is 2.49. The average molecular weight is 335 g/mol. The van der Waals surface area contributed by atoms with Gasteiger partial charge in [-0.2, -0.15) is 0 Å². The van der Waals surface area contributed by atoms with Gasteiger partial charge in [0, 0.05) is 28.8 Å². The molecular formula is C11H14INO3. The van der Waals surface area contributed by atoms with Gasteiger partial charge in [0.2, 0.25) is 0 Å². The van der Waals surface area contributed by atoms with E-state index in [1.807, 2.05) is 13.1 Å². The third kappa shape index (κ3) is 3.96. The molecule has 0 atom stereocenters. The molecule has 0 saturated carbocycles. The Morgan fingerprint density at radius 2 is 2.19 bits per heavy atom. The molecule has 0 saturated heterocycles. The van der Waals surface area contributed by atoms with E-state index in [1.165, 1.54) is 0 Å². The van der Waals surface area contributed by atoms with Crippen molar-refractivity contribution in [3.05, 3.63) is 31.8 Å². The highest BCUT2D eigenvalue weighted by Crippen LogP contribution is 2.08. The maximum absolute atomic E-state index is 11.6.